The Bertz CT molecular complexity index is 823. The third kappa shape index (κ3) is 3.40. The molecule has 0 bridgehead atoms. The number of fused-ring (bicyclic) bond motifs is 1. The number of para-hydroxylation sites is 1. The number of hydrogen-bond donors (Lipinski definition) is 0. The van der Waals surface area contributed by atoms with Crippen LogP contribution in [0.5, 0.6) is 5.75 Å². The molecule has 1 heterocycles. The number of benzene rings is 2. The van der Waals surface area contributed by atoms with Gasteiger partial charge in [-0.25, -0.2) is 0 Å². The predicted molar refractivity (Wildman–Crippen MR) is 85.8 cm³/mol. The molecule has 1 aliphatic rings. The molecule has 0 aromatic heterocycles. The van der Waals surface area contributed by atoms with E-state index in [2.05, 4.69) is 0 Å². The highest BCUT2D eigenvalue weighted by Gasteiger charge is 2.59. The van der Waals surface area contributed by atoms with Crippen LogP contribution in [0.1, 0.15) is 28.3 Å². The van der Waals surface area contributed by atoms with Gasteiger partial charge < -0.3 is 4.74 Å². The molecule has 2 aromatic rings. The van der Waals surface area contributed by atoms with Crippen LogP contribution in [0, 0.1) is 10.1 Å². The second kappa shape index (κ2) is 6.78. The van der Waals surface area contributed by atoms with Crippen molar-refractivity contribution >= 4 is 5.78 Å². The van der Waals surface area contributed by atoms with Gasteiger partial charge in [0.1, 0.15) is 5.75 Å². The van der Waals surface area contributed by atoms with Crippen molar-refractivity contribution in [3.63, 3.8) is 0 Å². The van der Waals surface area contributed by atoms with Crippen LogP contribution < -0.4 is 4.74 Å². The first-order valence-electron chi connectivity index (χ1n) is 7.83. The van der Waals surface area contributed by atoms with E-state index in [0.717, 1.165) is 0 Å². The second-order valence-corrected chi connectivity index (χ2v) is 5.99. The van der Waals surface area contributed by atoms with Crippen molar-refractivity contribution in [1.29, 1.82) is 0 Å². The standard InChI is InChI=1S/C18H14F3NO4/c19-18(20,21)17-16(22(24)25)13(12-8-4-5-9-15(12)26-17)10-14(23)11-6-2-1-3-7-11/h1-9,13,16-17H,10H2/t13-,16-,17-/m0/s1. The normalized spacial score (nSPS) is 22.2. The minimum atomic E-state index is -4.93. The Labute approximate surface area is 146 Å². The van der Waals surface area contributed by atoms with Crippen LogP contribution in [0.2, 0.25) is 0 Å². The average molecular weight is 365 g/mol. The predicted octanol–water partition coefficient (Wildman–Crippen LogP) is 4.01. The molecule has 0 amide bonds. The Morgan fingerprint density at radius 1 is 1.08 bits per heavy atom. The number of carbonyl (C=O) groups is 1. The lowest BCUT2D eigenvalue weighted by Gasteiger charge is -2.35. The van der Waals surface area contributed by atoms with Gasteiger partial charge in [-0.15, -0.1) is 0 Å². The Balaban J connectivity index is 2.03. The fraction of sp³-hybridized carbons (Fsp3) is 0.278. The van der Waals surface area contributed by atoms with Crippen LogP contribution in [-0.2, 0) is 0 Å². The summed E-state index contributed by atoms with van der Waals surface area (Å²) in [5.41, 5.74) is 0.529. The SMILES string of the molecule is O=C(C[C@H]1c2ccccc2O[C@H](C(F)(F)F)[C@H]1[N+](=O)[O-])c1ccccc1. The zero-order chi connectivity index (χ0) is 18.9. The lowest BCUT2D eigenvalue weighted by Crippen LogP contribution is -2.53. The van der Waals surface area contributed by atoms with Gasteiger partial charge in [-0.05, 0) is 6.07 Å². The summed E-state index contributed by atoms with van der Waals surface area (Å²) in [6.45, 7) is 0. The molecule has 8 heteroatoms. The van der Waals surface area contributed by atoms with Crippen molar-refractivity contribution in [2.45, 2.75) is 30.7 Å². The van der Waals surface area contributed by atoms with E-state index in [1.807, 2.05) is 0 Å². The quantitative estimate of drug-likeness (QED) is 0.466. The zero-order valence-electron chi connectivity index (χ0n) is 13.3. The van der Waals surface area contributed by atoms with Gasteiger partial charge >= 0.3 is 6.18 Å². The second-order valence-electron chi connectivity index (χ2n) is 5.99. The summed E-state index contributed by atoms with van der Waals surface area (Å²) in [6, 6.07) is 11.7. The van der Waals surface area contributed by atoms with Crippen LogP contribution in [0.15, 0.2) is 54.6 Å². The van der Waals surface area contributed by atoms with E-state index in [-0.39, 0.29) is 11.3 Å². The molecule has 0 radical (unpaired) electrons. The number of ketones is 1. The Morgan fingerprint density at radius 3 is 2.31 bits per heavy atom. The number of nitrogens with zero attached hydrogens (tertiary/aromatic N) is 1. The van der Waals surface area contributed by atoms with E-state index in [4.69, 9.17) is 4.74 Å². The summed E-state index contributed by atoms with van der Waals surface area (Å²) in [6.07, 6.45) is -7.96. The van der Waals surface area contributed by atoms with E-state index in [1.165, 1.54) is 30.3 Å². The van der Waals surface area contributed by atoms with Gasteiger partial charge in [0.15, 0.2) is 5.78 Å². The molecule has 0 fully saturated rings. The summed E-state index contributed by atoms with van der Waals surface area (Å²) in [5.74, 6) is -1.78. The maximum Gasteiger partial charge on any atom is 0.432 e. The molecule has 136 valence electrons. The summed E-state index contributed by atoms with van der Waals surface area (Å²) >= 11 is 0. The molecule has 26 heavy (non-hydrogen) atoms. The molecular formula is C18H14F3NO4. The molecular weight excluding hydrogens is 351 g/mol. The van der Waals surface area contributed by atoms with E-state index < -0.39 is 41.4 Å². The number of alkyl halides is 3. The first-order valence-corrected chi connectivity index (χ1v) is 7.83. The van der Waals surface area contributed by atoms with Crippen molar-refractivity contribution in [3.05, 3.63) is 75.8 Å². The number of nitro groups is 1. The van der Waals surface area contributed by atoms with Crippen molar-refractivity contribution in [2.24, 2.45) is 0 Å². The molecule has 2 aromatic carbocycles. The Kier molecular flexibility index (Phi) is 4.67. The highest BCUT2D eigenvalue weighted by atomic mass is 19.4. The van der Waals surface area contributed by atoms with E-state index >= 15 is 0 Å². The van der Waals surface area contributed by atoms with Gasteiger partial charge in [0.2, 0.25) is 0 Å². The first kappa shape index (κ1) is 17.9. The minimum Gasteiger partial charge on any atom is -0.473 e. The lowest BCUT2D eigenvalue weighted by molar-refractivity contribution is -0.548. The molecule has 0 unspecified atom stereocenters. The summed E-state index contributed by atoms with van der Waals surface area (Å²) in [4.78, 5) is 23.0. The van der Waals surface area contributed by atoms with Gasteiger partial charge in [0.05, 0.1) is 5.92 Å². The van der Waals surface area contributed by atoms with Crippen LogP contribution >= 0.6 is 0 Å². The smallest absolute Gasteiger partial charge is 0.432 e. The minimum absolute atomic E-state index is 0.0845. The highest BCUT2D eigenvalue weighted by molar-refractivity contribution is 5.96. The molecule has 5 nitrogen and oxygen atoms in total. The molecule has 1 aliphatic heterocycles. The monoisotopic (exact) mass is 365 g/mol. The third-order valence-electron chi connectivity index (χ3n) is 4.36. The van der Waals surface area contributed by atoms with Crippen molar-refractivity contribution < 1.29 is 27.6 Å². The molecule has 0 N–H and O–H groups in total. The van der Waals surface area contributed by atoms with Gasteiger partial charge in [0.25, 0.3) is 12.1 Å². The topological polar surface area (TPSA) is 69.4 Å². The molecule has 0 saturated heterocycles. The highest BCUT2D eigenvalue weighted by Crippen LogP contribution is 2.44. The maximum absolute atomic E-state index is 13.4. The fourth-order valence-corrected chi connectivity index (χ4v) is 3.19. The van der Waals surface area contributed by atoms with Crippen molar-refractivity contribution in [3.8, 4) is 5.75 Å². The van der Waals surface area contributed by atoms with Crippen LogP contribution in [0.25, 0.3) is 0 Å². The number of rotatable bonds is 4. The number of hydrogen-bond acceptors (Lipinski definition) is 4. The summed E-state index contributed by atoms with van der Waals surface area (Å²) < 4.78 is 45.0. The molecule has 3 rings (SSSR count). The van der Waals surface area contributed by atoms with Crippen LogP contribution in [-0.4, -0.2) is 29.0 Å². The van der Waals surface area contributed by atoms with Gasteiger partial charge in [0, 0.05) is 22.5 Å². The number of carbonyl (C=O) groups excluding carboxylic acids is 1. The maximum atomic E-state index is 13.4. The number of halogens is 3. The first-order chi connectivity index (χ1) is 12.3. The Morgan fingerprint density at radius 2 is 1.69 bits per heavy atom. The summed E-state index contributed by atoms with van der Waals surface area (Å²) in [5, 5.41) is 11.5. The molecule has 0 saturated carbocycles. The zero-order valence-corrected chi connectivity index (χ0v) is 13.3. The van der Waals surface area contributed by atoms with Crippen LogP contribution in [0.4, 0.5) is 13.2 Å². The van der Waals surface area contributed by atoms with Gasteiger partial charge in [-0.2, -0.15) is 13.2 Å². The average Bonchev–Trinajstić information content (AvgIpc) is 2.61. The van der Waals surface area contributed by atoms with Gasteiger partial charge in [-0.1, -0.05) is 48.5 Å². The van der Waals surface area contributed by atoms with Crippen molar-refractivity contribution in [1.82, 2.24) is 0 Å². The fourth-order valence-electron chi connectivity index (χ4n) is 3.19. The van der Waals surface area contributed by atoms with E-state index in [9.17, 15) is 28.1 Å². The van der Waals surface area contributed by atoms with Crippen LogP contribution in [0.3, 0.4) is 0 Å². The third-order valence-corrected chi connectivity index (χ3v) is 4.36. The van der Waals surface area contributed by atoms with Gasteiger partial charge in [-0.3, -0.25) is 14.9 Å². The molecule has 3 atom stereocenters. The summed E-state index contributed by atoms with van der Waals surface area (Å²) in [7, 11) is 0. The van der Waals surface area contributed by atoms with E-state index in [1.54, 1.807) is 24.3 Å². The number of Topliss-reactive ketones (excluding diaryl/α,β-unsaturated/α-hetero) is 1. The molecule has 0 aliphatic carbocycles. The molecule has 0 spiro atoms. The largest absolute Gasteiger partial charge is 0.473 e. The van der Waals surface area contributed by atoms with E-state index in [0.29, 0.717) is 5.56 Å². The van der Waals surface area contributed by atoms with Crippen molar-refractivity contribution in [2.75, 3.05) is 0 Å². The lowest BCUT2D eigenvalue weighted by atomic mass is 9.81. The Hall–Kier alpha value is -2.90. The number of ether oxygens (including phenoxy) is 1.